The number of nitrogens with one attached hydrogen (secondary N) is 2. The third kappa shape index (κ3) is 3.95. The van der Waals surface area contributed by atoms with Crippen LogP contribution in [0.5, 0.6) is 0 Å². The molecule has 0 saturated heterocycles. The van der Waals surface area contributed by atoms with Crippen molar-refractivity contribution in [2.75, 3.05) is 0 Å². The van der Waals surface area contributed by atoms with Crippen molar-refractivity contribution < 1.29 is 8.42 Å². The lowest BCUT2D eigenvalue weighted by Crippen LogP contribution is -2.19. The molecule has 134 valence electrons. The third-order valence-electron chi connectivity index (χ3n) is 3.81. The Morgan fingerprint density at radius 1 is 1.15 bits per heavy atom. The summed E-state index contributed by atoms with van der Waals surface area (Å²) in [6.45, 7) is 3.58. The number of H-pyrrole nitrogens is 1. The van der Waals surface area contributed by atoms with Crippen molar-refractivity contribution in [3.05, 3.63) is 70.4 Å². The van der Waals surface area contributed by atoms with Crippen LogP contribution in [0.4, 0.5) is 0 Å². The molecule has 2 aromatic carbocycles. The van der Waals surface area contributed by atoms with Gasteiger partial charge in [0.25, 0.3) is 10.0 Å². The predicted octanol–water partition coefficient (Wildman–Crippen LogP) is 3.66. The summed E-state index contributed by atoms with van der Waals surface area (Å²) < 4.78 is 24.9. The van der Waals surface area contributed by atoms with Crippen LogP contribution in [0.3, 0.4) is 0 Å². The van der Waals surface area contributed by atoms with E-state index in [1.54, 1.807) is 37.4 Å². The van der Waals surface area contributed by atoms with E-state index in [1.165, 1.54) is 6.21 Å². The minimum atomic E-state index is -3.75. The summed E-state index contributed by atoms with van der Waals surface area (Å²) in [5.74, 6) is 0. The number of aromatic amines is 1. The maximum absolute atomic E-state index is 12.5. The SMILES string of the molecule is Cc1ccc(C)c(S(=O)(=O)NN=Cc2cn[nH]c2-c2ccc(Cl)cc2)c1. The fourth-order valence-corrected chi connectivity index (χ4v) is 3.70. The predicted molar refractivity (Wildman–Crippen MR) is 103 cm³/mol. The molecule has 0 aliphatic carbocycles. The lowest BCUT2D eigenvalue weighted by Gasteiger charge is -2.07. The zero-order valence-corrected chi connectivity index (χ0v) is 15.8. The molecule has 1 aromatic heterocycles. The molecule has 0 aliphatic heterocycles. The van der Waals surface area contributed by atoms with Crippen LogP contribution in [-0.4, -0.2) is 24.8 Å². The quantitative estimate of drug-likeness (QED) is 0.516. The highest BCUT2D eigenvalue weighted by atomic mass is 35.5. The lowest BCUT2D eigenvalue weighted by molar-refractivity contribution is 0.584. The van der Waals surface area contributed by atoms with E-state index in [4.69, 9.17) is 11.6 Å². The van der Waals surface area contributed by atoms with Gasteiger partial charge < -0.3 is 0 Å². The highest BCUT2D eigenvalue weighted by Crippen LogP contribution is 2.22. The topological polar surface area (TPSA) is 87.2 Å². The van der Waals surface area contributed by atoms with Crippen LogP contribution in [0.15, 0.2) is 58.7 Å². The van der Waals surface area contributed by atoms with Crippen molar-refractivity contribution in [1.82, 2.24) is 15.0 Å². The van der Waals surface area contributed by atoms with Crippen molar-refractivity contribution in [3.8, 4) is 11.3 Å². The molecule has 2 N–H and O–H groups in total. The lowest BCUT2D eigenvalue weighted by atomic mass is 10.1. The number of hydrogen-bond acceptors (Lipinski definition) is 4. The van der Waals surface area contributed by atoms with Crippen LogP contribution in [0.25, 0.3) is 11.3 Å². The third-order valence-corrected chi connectivity index (χ3v) is 5.43. The summed E-state index contributed by atoms with van der Waals surface area (Å²) >= 11 is 5.90. The van der Waals surface area contributed by atoms with E-state index in [1.807, 2.05) is 25.1 Å². The second-order valence-corrected chi connectivity index (χ2v) is 7.89. The number of aryl methyl sites for hydroxylation is 2. The minimum absolute atomic E-state index is 0.208. The Morgan fingerprint density at radius 3 is 2.62 bits per heavy atom. The van der Waals surface area contributed by atoms with Crippen LogP contribution in [0.2, 0.25) is 5.02 Å². The van der Waals surface area contributed by atoms with Crippen LogP contribution >= 0.6 is 11.6 Å². The van der Waals surface area contributed by atoms with Crippen molar-refractivity contribution in [2.24, 2.45) is 5.10 Å². The van der Waals surface area contributed by atoms with E-state index < -0.39 is 10.0 Å². The van der Waals surface area contributed by atoms with Gasteiger partial charge in [0.2, 0.25) is 0 Å². The molecule has 0 spiro atoms. The number of sulfonamides is 1. The Kier molecular flexibility index (Phi) is 5.11. The van der Waals surface area contributed by atoms with Gasteiger partial charge in [-0.2, -0.15) is 18.6 Å². The van der Waals surface area contributed by atoms with Crippen molar-refractivity contribution in [2.45, 2.75) is 18.7 Å². The summed E-state index contributed by atoms with van der Waals surface area (Å²) in [6.07, 6.45) is 2.98. The molecule has 6 nitrogen and oxygen atoms in total. The maximum atomic E-state index is 12.5. The van der Waals surface area contributed by atoms with Gasteiger partial charge in [-0.25, -0.2) is 4.83 Å². The van der Waals surface area contributed by atoms with Gasteiger partial charge in [0.15, 0.2) is 0 Å². The van der Waals surface area contributed by atoms with E-state index in [0.29, 0.717) is 16.1 Å². The fraction of sp³-hybridized carbons (Fsp3) is 0.111. The standard InChI is InChI=1S/C18H17ClN4O2S/c1-12-3-4-13(2)17(9-12)26(24,25)23-21-11-15-10-20-22-18(15)14-5-7-16(19)8-6-14/h3-11,23H,1-2H3,(H,20,22). The molecule has 0 radical (unpaired) electrons. The van der Waals surface area contributed by atoms with Gasteiger partial charge in [0.1, 0.15) is 0 Å². The van der Waals surface area contributed by atoms with E-state index in [2.05, 4.69) is 20.1 Å². The van der Waals surface area contributed by atoms with E-state index in [-0.39, 0.29) is 4.90 Å². The van der Waals surface area contributed by atoms with E-state index in [9.17, 15) is 8.42 Å². The molecule has 3 rings (SSSR count). The van der Waals surface area contributed by atoms with Crippen LogP contribution in [0, 0.1) is 13.8 Å². The number of hydrazone groups is 1. The Hall–Kier alpha value is -2.64. The molecule has 0 fully saturated rings. The van der Waals surface area contributed by atoms with Gasteiger partial charge in [-0.3, -0.25) is 5.10 Å². The molecule has 0 aliphatic rings. The number of nitrogens with zero attached hydrogens (tertiary/aromatic N) is 2. The van der Waals surface area contributed by atoms with E-state index in [0.717, 1.165) is 16.8 Å². The highest BCUT2D eigenvalue weighted by Gasteiger charge is 2.16. The van der Waals surface area contributed by atoms with Gasteiger partial charge >= 0.3 is 0 Å². The second kappa shape index (κ2) is 7.31. The van der Waals surface area contributed by atoms with Gasteiger partial charge in [-0.1, -0.05) is 35.9 Å². The first-order chi connectivity index (χ1) is 12.4. The Balaban J connectivity index is 1.82. The fourth-order valence-electron chi connectivity index (χ4n) is 2.45. The molecular formula is C18H17ClN4O2S. The summed E-state index contributed by atoms with van der Waals surface area (Å²) in [6, 6.07) is 12.5. The first kappa shape index (κ1) is 18.2. The average Bonchev–Trinajstić information content (AvgIpc) is 3.06. The molecule has 8 heteroatoms. The number of hydrogen-bond donors (Lipinski definition) is 2. The normalized spacial score (nSPS) is 11.8. The smallest absolute Gasteiger partial charge is 0.276 e. The molecule has 0 saturated carbocycles. The Bertz CT molecular complexity index is 1060. The molecule has 0 atom stereocenters. The maximum Gasteiger partial charge on any atom is 0.276 e. The zero-order valence-electron chi connectivity index (χ0n) is 14.2. The Labute approximate surface area is 157 Å². The summed E-state index contributed by atoms with van der Waals surface area (Å²) in [4.78, 5) is 2.46. The second-order valence-electron chi connectivity index (χ2n) is 5.83. The van der Waals surface area contributed by atoms with Gasteiger partial charge in [0.05, 0.1) is 23.0 Å². The first-order valence-corrected chi connectivity index (χ1v) is 9.64. The number of rotatable bonds is 5. The zero-order chi connectivity index (χ0) is 18.7. The number of halogens is 1. The Morgan fingerprint density at radius 2 is 1.88 bits per heavy atom. The van der Waals surface area contributed by atoms with Crippen LogP contribution in [0.1, 0.15) is 16.7 Å². The highest BCUT2D eigenvalue weighted by molar-refractivity contribution is 7.89. The monoisotopic (exact) mass is 388 g/mol. The summed E-state index contributed by atoms with van der Waals surface area (Å²) in [7, 11) is -3.75. The number of aromatic nitrogens is 2. The van der Waals surface area contributed by atoms with Crippen LogP contribution < -0.4 is 4.83 Å². The molecule has 0 amide bonds. The minimum Gasteiger partial charge on any atom is -0.277 e. The number of benzene rings is 2. The van der Waals surface area contributed by atoms with Crippen molar-refractivity contribution >= 4 is 27.8 Å². The summed E-state index contributed by atoms with van der Waals surface area (Å²) in [5.41, 5.74) is 3.75. The molecular weight excluding hydrogens is 372 g/mol. The van der Waals surface area contributed by atoms with Gasteiger partial charge in [0, 0.05) is 16.1 Å². The largest absolute Gasteiger partial charge is 0.277 e. The van der Waals surface area contributed by atoms with Gasteiger partial charge in [-0.15, -0.1) is 0 Å². The van der Waals surface area contributed by atoms with Crippen molar-refractivity contribution in [1.29, 1.82) is 0 Å². The molecule has 0 unspecified atom stereocenters. The first-order valence-electron chi connectivity index (χ1n) is 7.78. The van der Waals surface area contributed by atoms with Crippen LogP contribution in [-0.2, 0) is 10.0 Å². The average molecular weight is 389 g/mol. The van der Waals surface area contributed by atoms with Gasteiger partial charge in [-0.05, 0) is 43.2 Å². The van der Waals surface area contributed by atoms with E-state index >= 15 is 0 Å². The molecule has 3 aromatic rings. The summed E-state index contributed by atoms with van der Waals surface area (Å²) in [5, 5.41) is 11.4. The molecule has 26 heavy (non-hydrogen) atoms. The van der Waals surface area contributed by atoms with Crippen molar-refractivity contribution in [3.63, 3.8) is 0 Å². The molecule has 0 bridgehead atoms. The molecule has 1 heterocycles.